The van der Waals surface area contributed by atoms with Crippen molar-refractivity contribution in [3.05, 3.63) is 35.1 Å². The molecule has 0 aromatic heterocycles. The number of aldehydes is 1. The van der Waals surface area contributed by atoms with Crippen molar-refractivity contribution < 1.29 is 13.9 Å². The molecule has 0 radical (unpaired) electrons. The van der Waals surface area contributed by atoms with Crippen LogP contribution >= 0.6 is 0 Å². The van der Waals surface area contributed by atoms with E-state index in [0.29, 0.717) is 24.0 Å². The zero-order valence-electron chi connectivity index (χ0n) is 9.12. The van der Waals surface area contributed by atoms with Gasteiger partial charge in [-0.15, -0.1) is 0 Å². The Morgan fingerprint density at radius 1 is 1.38 bits per heavy atom. The molecule has 0 amide bonds. The lowest BCUT2D eigenvalue weighted by atomic mass is 10.1. The predicted octanol–water partition coefficient (Wildman–Crippen LogP) is 3.10. The molecule has 0 N–H and O–H groups in total. The third-order valence-corrected chi connectivity index (χ3v) is 2.99. The molecule has 1 fully saturated rings. The first kappa shape index (κ1) is 11.3. The van der Waals surface area contributed by atoms with Crippen LogP contribution in [0.3, 0.4) is 0 Å². The summed E-state index contributed by atoms with van der Waals surface area (Å²) < 4.78 is 19.1. The standard InChI is InChI=1S/C13H15FO2/c14-13-7-10(8-15)5-6-11(13)9-16-12-3-1-2-4-12/h5-8,12H,1-4,9H2. The fourth-order valence-electron chi connectivity index (χ4n) is 2.02. The molecular formula is C13H15FO2. The first-order valence-electron chi connectivity index (χ1n) is 5.65. The molecule has 16 heavy (non-hydrogen) atoms. The Morgan fingerprint density at radius 2 is 2.12 bits per heavy atom. The molecule has 2 nitrogen and oxygen atoms in total. The highest BCUT2D eigenvalue weighted by Gasteiger charge is 2.15. The summed E-state index contributed by atoms with van der Waals surface area (Å²) in [5.41, 5.74) is 0.889. The Balaban J connectivity index is 1.95. The van der Waals surface area contributed by atoms with Crippen LogP contribution in [0, 0.1) is 5.82 Å². The van der Waals surface area contributed by atoms with Gasteiger partial charge >= 0.3 is 0 Å². The van der Waals surface area contributed by atoms with E-state index in [1.807, 2.05) is 0 Å². The molecule has 1 aliphatic rings. The summed E-state index contributed by atoms with van der Waals surface area (Å²) in [4.78, 5) is 10.4. The molecule has 1 aromatic rings. The number of benzene rings is 1. The number of ether oxygens (including phenoxy) is 1. The molecule has 0 spiro atoms. The van der Waals surface area contributed by atoms with Gasteiger partial charge in [-0.25, -0.2) is 4.39 Å². The van der Waals surface area contributed by atoms with Crippen molar-refractivity contribution in [1.29, 1.82) is 0 Å². The highest BCUT2D eigenvalue weighted by molar-refractivity contribution is 5.74. The van der Waals surface area contributed by atoms with Crippen LogP contribution in [0.15, 0.2) is 18.2 Å². The second-order valence-electron chi connectivity index (χ2n) is 4.19. The van der Waals surface area contributed by atoms with Crippen LogP contribution in [-0.2, 0) is 11.3 Å². The molecule has 1 saturated carbocycles. The van der Waals surface area contributed by atoms with Gasteiger partial charge in [0.15, 0.2) is 0 Å². The summed E-state index contributed by atoms with van der Waals surface area (Å²) >= 11 is 0. The van der Waals surface area contributed by atoms with Crippen LogP contribution in [-0.4, -0.2) is 12.4 Å². The van der Waals surface area contributed by atoms with Crippen LogP contribution in [0.1, 0.15) is 41.6 Å². The summed E-state index contributed by atoms with van der Waals surface area (Å²) in [6.07, 6.45) is 5.49. The quantitative estimate of drug-likeness (QED) is 0.732. The first-order chi connectivity index (χ1) is 7.79. The van der Waals surface area contributed by atoms with Gasteiger partial charge in [0.2, 0.25) is 0 Å². The Hall–Kier alpha value is -1.22. The molecule has 0 unspecified atom stereocenters. The van der Waals surface area contributed by atoms with Crippen molar-refractivity contribution in [1.82, 2.24) is 0 Å². The van der Waals surface area contributed by atoms with Crippen molar-refractivity contribution in [3.8, 4) is 0 Å². The van der Waals surface area contributed by atoms with Gasteiger partial charge in [0.05, 0.1) is 12.7 Å². The summed E-state index contributed by atoms with van der Waals surface area (Å²) in [7, 11) is 0. The molecule has 0 bridgehead atoms. The molecule has 3 heteroatoms. The monoisotopic (exact) mass is 222 g/mol. The molecule has 2 rings (SSSR count). The van der Waals surface area contributed by atoms with Crippen LogP contribution in [0.5, 0.6) is 0 Å². The second-order valence-corrected chi connectivity index (χ2v) is 4.19. The fraction of sp³-hybridized carbons (Fsp3) is 0.462. The highest BCUT2D eigenvalue weighted by Crippen LogP contribution is 2.22. The maximum absolute atomic E-state index is 13.5. The van der Waals surface area contributed by atoms with Gasteiger partial charge in [-0.2, -0.15) is 0 Å². The van der Waals surface area contributed by atoms with E-state index in [0.717, 1.165) is 12.8 Å². The van der Waals surface area contributed by atoms with Crippen molar-refractivity contribution >= 4 is 6.29 Å². The number of halogens is 1. The molecular weight excluding hydrogens is 207 g/mol. The van der Waals surface area contributed by atoms with Gasteiger partial charge in [-0.1, -0.05) is 25.0 Å². The van der Waals surface area contributed by atoms with Crippen LogP contribution < -0.4 is 0 Å². The average Bonchev–Trinajstić information content (AvgIpc) is 2.80. The van der Waals surface area contributed by atoms with Gasteiger partial charge in [0.1, 0.15) is 12.1 Å². The number of hydrogen-bond donors (Lipinski definition) is 0. The topological polar surface area (TPSA) is 26.3 Å². The van der Waals surface area contributed by atoms with Crippen LogP contribution in [0.25, 0.3) is 0 Å². The van der Waals surface area contributed by atoms with E-state index in [2.05, 4.69) is 0 Å². The number of carbonyl (C=O) groups is 1. The SMILES string of the molecule is O=Cc1ccc(COC2CCCC2)c(F)c1. The molecule has 0 saturated heterocycles. The predicted molar refractivity (Wildman–Crippen MR) is 58.8 cm³/mol. The molecule has 1 aromatic carbocycles. The van der Waals surface area contributed by atoms with E-state index in [4.69, 9.17) is 4.74 Å². The number of carbonyl (C=O) groups excluding carboxylic acids is 1. The lowest BCUT2D eigenvalue weighted by molar-refractivity contribution is 0.0441. The van der Waals surface area contributed by atoms with Crippen LogP contribution in [0.2, 0.25) is 0 Å². The minimum atomic E-state index is -0.359. The van der Waals surface area contributed by atoms with E-state index in [9.17, 15) is 9.18 Å². The van der Waals surface area contributed by atoms with Crippen molar-refractivity contribution in [2.24, 2.45) is 0 Å². The first-order valence-corrected chi connectivity index (χ1v) is 5.65. The van der Waals surface area contributed by atoms with Crippen LogP contribution in [0.4, 0.5) is 4.39 Å². The lowest BCUT2D eigenvalue weighted by Crippen LogP contribution is -2.08. The van der Waals surface area contributed by atoms with E-state index in [1.54, 1.807) is 12.1 Å². The third-order valence-electron chi connectivity index (χ3n) is 2.99. The summed E-state index contributed by atoms with van der Waals surface area (Å²) in [6, 6.07) is 4.48. The van der Waals surface area contributed by atoms with E-state index in [1.165, 1.54) is 18.9 Å². The van der Waals surface area contributed by atoms with Gasteiger partial charge in [0.25, 0.3) is 0 Å². The zero-order chi connectivity index (χ0) is 11.4. The number of hydrogen-bond acceptors (Lipinski definition) is 2. The fourth-order valence-corrected chi connectivity index (χ4v) is 2.02. The zero-order valence-corrected chi connectivity index (χ0v) is 9.12. The van der Waals surface area contributed by atoms with Gasteiger partial charge in [-0.05, 0) is 18.9 Å². The molecule has 0 heterocycles. The summed E-state index contributed by atoms with van der Waals surface area (Å²) in [5, 5.41) is 0. The number of rotatable bonds is 4. The Labute approximate surface area is 94.4 Å². The van der Waals surface area contributed by atoms with Gasteiger partial charge < -0.3 is 4.74 Å². The van der Waals surface area contributed by atoms with Crippen molar-refractivity contribution in [3.63, 3.8) is 0 Å². The molecule has 0 atom stereocenters. The van der Waals surface area contributed by atoms with Gasteiger partial charge in [-0.3, -0.25) is 4.79 Å². The Kier molecular flexibility index (Phi) is 3.67. The maximum Gasteiger partial charge on any atom is 0.150 e. The maximum atomic E-state index is 13.5. The smallest absolute Gasteiger partial charge is 0.150 e. The molecule has 86 valence electrons. The largest absolute Gasteiger partial charge is 0.373 e. The molecule has 0 aliphatic heterocycles. The normalized spacial score (nSPS) is 16.6. The second kappa shape index (κ2) is 5.21. The van der Waals surface area contributed by atoms with Gasteiger partial charge in [0, 0.05) is 11.1 Å². The highest BCUT2D eigenvalue weighted by atomic mass is 19.1. The Bertz CT molecular complexity index is 370. The lowest BCUT2D eigenvalue weighted by Gasteiger charge is -2.11. The van der Waals surface area contributed by atoms with Crippen molar-refractivity contribution in [2.75, 3.05) is 0 Å². The van der Waals surface area contributed by atoms with E-state index >= 15 is 0 Å². The minimum Gasteiger partial charge on any atom is -0.373 e. The Morgan fingerprint density at radius 3 is 2.75 bits per heavy atom. The summed E-state index contributed by atoms with van der Waals surface area (Å²) in [5.74, 6) is -0.359. The summed E-state index contributed by atoms with van der Waals surface area (Å²) in [6.45, 7) is 0.301. The van der Waals surface area contributed by atoms with E-state index < -0.39 is 0 Å². The molecule has 1 aliphatic carbocycles. The minimum absolute atomic E-state index is 0.283. The van der Waals surface area contributed by atoms with Crippen molar-refractivity contribution in [2.45, 2.75) is 38.4 Å². The third kappa shape index (κ3) is 2.67. The average molecular weight is 222 g/mol. The van der Waals surface area contributed by atoms with E-state index in [-0.39, 0.29) is 11.9 Å².